The van der Waals surface area contributed by atoms with Crippen LogP contribution < -0.4 is 4.90 Å². The van der Waals surface area contributed by atoms with Gasteiger partial charge < -0.3 is 0 Å². The average molecular weight is 254 g/mol. The highest BCUT2D eigenvalue weighted by molar-refractivity contribution is 8.13. The van der Waals surface area contributed by atoms with Gasteiger partial charge in [-0.1, -0.05) is 11.8 Å². The smallest absolute Gasteiger partial charge is 0.251 e. The molecule has 1 aliphatic heterocycles. The molecule has 17 heavy (non-hydrogen) atoms. The Morgan fingerprint density at radius 3 is 3.00 bits per heavy atom. The van der Waals surface area contributed by atoms with E-state index < -0.39 is 0 Å². The summed E-state index contributed by atoms with van der Waals surface area (Å²) in [5.74, 6) is 2.03. The zero-order chi connectivity index (χ0) is 12.4. The maximum absolute atomic E-state index is 11.8. The lowest BCUT2D eigenvalue weighted by Crippen LogP contribution is -2.26. The van der Waals surface area contributed by atoms with E-state index in [9.17, 15) is 9.59 Å². The number of H-pyrrole nitrogens is 1. The third-order valence-electron chi connectivity index (χ3n) is 2.55. The van der Waals surface area contributed by atoms with Gasteiger partial charge in [-0.15, -0.1) is 5.10 Å². The molecule has 1 fully saturated rings. The second kappa shape index (κ2) is 4.87. The van der Waals surface area contributed by atoms with E-state index in [1.54, 1.807) is 11.8 Å². The molecule has 6 nitrogen and oxygen atoms in total. The van der Waals surface area contributed by atoms with E-state index in [4.69, 9.17) is 0 Å². The van der Waals surface area contributed by atoms with E-state index in [0.717, 1.165) is 0 Å². The van der Waals surface area contributed by atoms with Gasteiger partial charge in [-0.3, -0.25) is 19.6 Å². The second-order valence-electron chi connectivity index (χ2n) is 4.10. The molecule has 1 aromatic rings. The molecule has 2 rings (SSSR count). The van der Waals surface area contributed by atoms with Crippen LogP contribution in [-0.2, 0) is 9.59 Å². The van der Waals surface area contributed by atoms with Crippen molar-refractivity contribution in [2.75, 3.05) is 17.2 Å². The summed E-state index contributed by atoms with van der Waals surface area (Å²) in [7, 11) is 0. The number of hydrogen-bond acceptors (Lipinski definition) is 5. The van der Waals surface area contributed by atoms with Crippen molar-refractivity contribution in [3.8, 4) is 0 Å². The zero-order valence-corrected chi connectivity index (χ0v) is 10.6. The van der Waals surface area contributed by atoms with Gasteiger partial charge in [0, 0.05) is 25.6 Å². The van der Waals surface area contributed by atoms with Crippen molar-refractivity contribution < 1.29 is 9.59 Å². The first-order valence-electron chi connectivity index (χ1n) is 5.39. The van der Waals surface area contributed by atoms with Gasteiger partial charge in [0.1, 0.15) is 5.82 Å². The number of nitrogens with one attached hydrogen (secondary N) is 1. The molecule has 92 valence electrons. The molecule has 0 radical (unpaired) electrons. The van der Waals surface area contributed by atoms with Gasteiger partial charge in [0.25, 0.3) is 5.95 Å². The van der Waals surface area contributed by atoms with Crippen molar-refractivity contribution >= 4 is 28.7 Å². The first-order valence-corrected chi connectivity index (χ1v) is 6.37. The molecule has 0 saturated carbocycles. The molecule has 0 aliphatic carbocycles. The van der Waals surface area contributed by atoms with Crippen LogP contribution in [0.5, 0.6) is 0 Å². The molecule has 7 heteroatoms. The quantitative estimate of drug-likeness (QED) is 0.861. The molecule has 0 aromatic carbocycles. The number of rotatable bonds is 3. The van der Waals surface area contributed by atoms with Crippen LogP contribution >= 0.6 is 11.8 Å². The summed E-state index contributed by atoms with van der Waals surface area (Å²) < 4.78 is 0. The summed E-state index contributed by atoms with van der Waals surface area (Å²) in [6, 6.07) is 0. The zero-order valence-electron chi connectivity index (χ0n) is 9.77. The fourth-order valence-electron chi connectivity index (χ4n) is 1.77. The van der Waals surface area contributed by atoms with Gasteiger partial charge >= 0.3 is 0 Å². The summed E-state index contributed by atoms with van der Waals surface area (Å²) in [6.45, 7) is 3.92. The van der Waals surface area contributed by atoms with E-state index in [0.29, 0.717) is 30.5 Å². The number of hydrogen-bond donors (Lipinski definition) is 1. The lowest BCUT2D eigenvalue weighted by Gasteiger charge is -2.11. The number of thioether (sulfide) groups is 1. The topological polar surface area (TPSA) is 79.0 Å². The Balaban J connectivity index is 1.98. The minimum Gasteiger partial charge on any atom is -0.288 e. The lowest BCUT2D eigenvalue weighted by atomic mass is 10.1. The van der Waals surface area contributed by atoms with Gasteiger partial charge in [0.05, 0.1) is 0 Å². The molecule has 1 N–H and O–H groups in total. The Hall–Kier alpha value is -1.37. The molecule has 1 aromatic heterocycles. The number of carbonyl (C=O) groups is 2. The maximum Gasteiger partial charge on any atom is 0.251 e. The van der Waals surface area contributed by atoms with Crippen molar-refractivity contribution in [3.05, 3.63) is 5.82 Å². The summed E-state index contributed by atoms with van der Waals surface area (Å²) in [5, 5.41) is 6.78. The molecular formula is C10H14N4O2S. The highest BCUT2D eigenvalue weighted by atomic mass is 32.2. The number of carbonyl (C=O) groups excluding carboxylic acids is 2. The first-order chi connectivity index (χ1) is 8.06. The van der Waals surface area contributed by atoms with E-state index in [-0.39, 0.29) is 16.9 Å². The van der Waals surface area contributed by atoms with Gasteiger partial charge in [-0.05, 0) is 12.8 Å². The predicted octanol–water partition coefficient (Wildman–Crippen LogP) is 0.746. The number of aromatic amines is 1. The normalized spacial score (nSPS) is 20.0. The molecule has 1 unspecified atom stereocenters. The Morgan fingerprint density at radius 1 is 1.65 bits per heavy atom. The van der Waals surface area contributed by atoms with Gasteiger partial charge in [0.15, 0.2) is 5.12 Å². The summed E-state index contributed by atoms with van der Waals surface area (Å²) in [6.07, 6.45) is 0.466. The van der Waals surface area contributed by atoms with Crippen LogP contribution in [0, 0.1) is 12.8 Å². The fourth-order valence-corrected chi connectivity index (χ4v) is 2.47. The summed E-state index contributed by atoms with van der Waals surface area (Å²) in [5.41, 5.74) is 0. The van der Waals surface area contributed by atoms with Crippen LogP contribution in [0.1, 0.15) is 19.2 Å². The first kappa shape index (κ1) is 12.1. The molecule has 1 aliphatic rings. The summed E-state index contributed by atoms with van der Waals surface area (Å²) in [4.78, 5) is 28.4. The Kier molecular flexibility index (Phi) is 3.46. The number of anilines is 1. The highest BCUT2D eigenvalue weighted by Crippen LogP contribution is 2.25. The van der Waals surface area contributed by atoms with Gasteiger partial charge in [-0.2, -0.15) is 4.98 Å². The summed E-state index contributed by atoms with van der Waals surface area (Å²) >= 11 is 1.27. The fraction of sp³-hybridized carbons (Fsp3) is 0.600. The molecule has 0 bridgehead atoms. The van der Waals surface area contributed by atoms with E-state index in [1.165, 1.54) is 18.7 Å². The van der Waals surface area contributed by atoms with Crippen LogP contribution in [0.4, 0.5) is 5.95 Å². The number of amides is 1. The van der Waals surface area contributed by atoms with E-state index in [1.807, 2.05) is 0 Å². The SMILES string of the molecule is CC(=O)SCC1CC(=O)N(c2n[nH]c(C)n2)C1. The van der Waals surface area contributed by atoms with E-state index >= 15 is 0 Å². The Labute approximate surface area is 103 Å². The Morgan fingerprint density at radius 2 is 2.41 bits per heavy atom. The van der Waals surface area contributed by atoms with Crippen molar-refractivity contribution in [1.82, 2.24) is 15.2 Å². The minimum absolute atomic E-state index is 0.0261. The van der Waals surface area contributed by atoms with Crippen LogP contribution in [-0.4, -0.2) is 38.5 Å². The monoisotopic (exact) mass is 254 g/mol. The van der Waals surface area contributed by atoms with Crippen molar-refractivity contribution in [1.29, 1.82) is 0 Å². The Bertz CT molecular complexity index is 445. The molecule has 0 spiro atoms. The van der Waals surface area contributed by atoms with Gasteiger partial charge in [0.2, 0.25) is 5.91 Å². The number of aromatic nitrogens is 3. The minimum atomic E-state index is 0.0261. The highest BCUT2D eigenvalue weighted by Gasteiger charge is 2.32. The second-order valence-corrected chi connectivity index (χ2v) is 5.29. The predicted molar refractivity (Wildman–Crippen MR) is 64.7 cm³/mol. The van der Waals surface area contributed by atoms with Crippen LogP contribution in [0.15, 0.2) is 0 Å². The third kappa shape index (κ3) is 2.85. The molecule has 1 saturated heterocycles. The van der Waals surface area contributed by atoms with Crippen LogP contribution in [0.3, 0.4) is 0 Å². The van der Waals surface area contributed by atoms with Crippen LogP contribution in [0.2, 0.25) is 0 Å². The average Bonchev–Trinajstić information content (AvgIpc) is 2.82. The number of aryl methyl sites for hydroxylation is 1. The van der Waals surface area contributed by atoms with E-state index in [2.05, 4.69) is 15.2 Å². The molecular weight excluding hydrogens is 240 g/mol. The van der Waals surface area contributed by atoms with Crippen LogP contribution in [0.25, 0.3) is 0 Å². The largest absolute Gasteiger partial charge is 0.288 e. The molecule has 1 atom stereocenters. The van der Waals surface area contributed by atoms with Crippen molar-refractivity contribution in [3.63, 3.8) is 0 Å². The molecule has 1 amide bonds. The number of nitrogens with zero attached hydrogens (tertiary/aromatic N) is 3. The maximum atomic E-state index is 11.8. The molecule has 2 heterocycles. The lowest BCUT2D eigenvalue weighted by molar-refractivity contribution is -0.117. The van der Waals surface area contributed by atoms with Crippen molar-refractivity contribution in [2.45, 2.75) is 20.3 Å². The van der Waals surface area contributed by atoms with Crippen molar-refractivity contribution in [2.24, 2.45) is 5.92 Å². The standard InChI is InChI=1S/C10H14N4O2S/c1-6-11-10(13-12-6)14-4-8(3-9(14)16)5-17-7(2)15/h8H,3-5H2,1-2H3,(H,11,12,13). The van der Waals surface area contributed by atoms with Gasteiger partial charge in [-0.25, -0.2) is 0 Å². The third-order valence-corrected chi connectivity index (χ3v) is 3.60.